The Morgan fingerprint density at radius 3 is 1.96 bits per heavy atom. The lowest BCUT2D eigenvalue weighted by Crippen LogP contribution is -2.19. The maximum Gasteiger partial charge on any atom is -0.00718 e. The van der Waals surface area contributed by atoms with Crippen LogP contribution in [0.3, 0.4) is 0 Å². The van der Waals surface area contributed by atoms with E-state index in [9.17, 15) is 0 Å². The van der Waals surface area contributed by atoms with Gasteiger partial charge in [0.2, 0.25) is 0 Å². The van der Waals surface area contributed by atoms with E-state index in [0.29, 0.717) is 0 Å². The molecule has 0 saturated carbocycles. The first-order valence-electron chi connectivity index (χ1n) is 9.41. The smallest absolute Gasteiger partial charge is 0.00718 e. The summed E-state index contributed by atoms with van der Waals surface area (Å²) in [4.78, 5) is 0. The first kappa shape index (κ1) is 22.4. The maximum absolute atomic E-state index is 4.10. The van der Waals surface area contributed by atoms with Crippen LogP contribution in [0.25, 0.3) is 0 Å². The molecule has 0 aromatic carbocycles. The van der Waals surface area contributed by atoms with Gasteiger partial charge in [0.1, 0.15) is 0 Å². The molecule has 0 saturated heterocycles. The van der Waals surface area contributed by atoms with Crippen LogP contribution in [0.2, 0.25) is 0 Å². The number of hydrogen-bond donors (Lipinski definition) is 0. The lowest BCUT2D eigenvalue weighted by atomic mass is 9.72. The van der Waals surface area contributed by atoms with Gasteiger partial charge in [-0.2, -0.15) is 0 Å². The molecule has 24 heavy (non-hydrogen) atoms. The van der Waals surface area contributed by atoms with Gasteiger partial charge in [-0.15, -0.1) is 0 Å². The van der Waals surface area contributed by atoms with Gasteiger partial charge in [0.15, 0.2) is 0 Å². The van der Waals surface area contributed by atoms with Crippen molar-refractivity contribution in [1.82, 2.24) is 0 Å². The Hall–Kier alpha value is -1.56. The third kappa shape index (κ3) is 6.15. The zero-order valence-electron chi connectivity index (χ0n) is 16.8. The summed E-state index contributed by atoms with van der Waals surface area (Å²) < 4.78 is 0. The molecule has 0 aliphatic heterocycles. The van der Waals surface area contributed by atoms with Crippen LogP contribution in [0.15, 0.2) is 72.4 Å². The number of unbranched alkanes of at least 4 members (excludes halogenated alkanes) is 3. The number of hydrogen-bond acceptors (Lipinski definition) is 0. The van der Waals surface area contributed by atoms with Gasteiger partial charge in [-0.25, -0.2) is 0 Å². The maximum atomic E-state index is 4.10. The highest BCUT2D eigenvalue weighted by atomic mass is 14.3. The SMILES string of the molecule is C=CC(C)=C(C=C)C(C=C)=C(C=CC)C(C)(CC)CCCCCC. The van der Waals surface area contributed by atoms with Crippen LogP contribution in [-0.4, -0.2) is 0 Å². The molecule has 1 unspecified atom stereocenters. The molecule has 0 N–H and O–H groups in total. The molecular formula is C24H38. The minimum atomic E-state index is 0.152. The highest BCUT2D eigenvalue weighted by Crippen LogP contribution is 2.41. The summed E-state index contributed by atoms with van der Waals surface area (Å²) in [5.41, 5.74) is 5.00. The predicted molar refractivity (Wildman–Crippen MR) is 112 cm³/mol. The average Bonchev–Trinajstić information content (AvgIpc) is 2.60. The van der Waals surface area contributed by atoms with Crippen molar-refractivity contribution < 1.29 is 0 Å². The van der Waals surface area contributed by atoms with Gasteiger partial charge < -0.3 is 0 Å². The zero-order valence-corrected chi connectivity index (χ0v) is 16.8. The van der Waals surface area contributed by atoms with E-state index in [4.69, 9.17) is 0 Å². The lowest BCUT2D eigenvalue weighted by molar-refractivity contribution is 0.340. The van der Waals surface area contributed by atoms with E-state index in [1.807, 2.05) is 18.2 Å². The molecule has 1 atom stereocenters. The third-order valence-electron chi connectivity index (χ3n) is 5.07. The van der Waals surface area contributed by atoms with Crippen molar-refractivity contribution in [3.63, 3.8) is 0 Å². The fourth-order valence-corrected chi connectivity index (χ4v) is 3.18. The molecule has 0 fully saturated rings. The van der Waals surface area contributed by atoms with Gasteiger partial charge in [0, 0.05) is 0 Å². The Morgan fingerprint density at radius 2 is 1.54 bits per heavy atom. The number of allylic oxidation sites excluding steroid dienone is 9. The van der Waals surface area contributed by atoms with Gasteiger partial charge in [0.25, 0.3) is 0 Å². The van der Waals surface area contributed by atoms with Crippen LogP contribution in [0, 0.1) is 5.41 Å². The molecule has 0 aromatic heterocycles. The quantitative estimate of drug-likeness (QED) is 0.251. The fourth-order valence-electron chi connectivity index (χ4n) is 3.18. The second-order valence-electron chi connectivity index (χ2n) is 6.76. The van der Waals surface area contributed by atoms with Crippen LogP contribution in [-0.2, 0) is 0 Å². The van der Waals surface area contributed by atoms with Crippen molar-refractivity contribution in [2.45, 2.75) is 73.1 Å². The van der Waals surface area contributed by atoms with Gasteiger partial charge >= 0.3 is 0 Å². The first-order chi connectivity index (χ1) is 11.4. The molecule has 0 aliphatic rings. The molecule has 0 nitrogen and oxygen atoms in total. The fraction of sp³-hybridized carbons (Fsp3) is 0.500. The van der Waals surface area contributed by atoms with E-state index >= 15 is 0 Å². The second kappa shape index (κ2) is 11.9. The van der Waals surface area contributed by atoms with Crippen molar-refractivity contribution in [3.05, 3.63) is 72.4 Å². The highest BCUT2D eigenvalue weighted by molar-refractivity contribution is 5.56. The topological polar surface area (TPSA) is 0 Å². The Kier molecular flexibility index (Phi) is 11.1. The summed E-state index contributed by atoms with van der Waals surface area (Å²) in [7, 11) is 0. The molecular weight excluding hydrogens is 288 g/mol. The standard InChI is InChI=1S/C24H38/c1-9-15-16-17-19-24(8,14-6)23(18-10-2)22(13-5)21(12-4)20(7)11-3/h10-13,18H,3-5,9,14-17,19H2,1-2,6-8H3. The normalized spacial score (nSPS) is 16.2. The Morgan fingerprint density at radius 1 is 0.917 bits per heavy atom. The Balaban J connectivity index is 6.12. The van der Waals surface area contributed by atoms with E-state index in [2.05, 4.69) is 66.5 Å². The van der Waals surface area contributed by atoms with Gasteiger partial charge in [0.05, 0.1) is 0 Å². The van der Waals surface area contributed by atoms with Crippen LogP contribution in [0.4, 0.5) is 0 Å². The zero-order chi connectivity index (χ0) is 18.6. The van der Waals surface area contributed by atoms with Crippen molar-refractivity contribution in [3.8, 4) is 0 Å². The molecule has 0 radical (unpaired) electrons. The van der Waals surface area contributed by atoms with Crippen LogP contribution in [0.5, 0.6) is 0 Å². The van der Waals surface area contributed by atoms with Crippen LogP contribution >= 0.6 is 0 Å². The number of rotatable bonds is 12. The van der Waals surface area contributed by atoms with E-state index in [0.717, 1.165) is 17.6 Å². The molecule has 0 aromatic rings. The molecule has 134 valence electrons. The van der Waals surface area contributed by atoms with Crippen LogP contribution < -0.4 is 0 Å². The molecule has 0 heterocycles. The van der Waals surface area contributed by atoms with E-state index < -0.39 is 0 Å². The second-order valence-corrected chi connectivity index (χ2v) is 6.76. The third-order valence-corrected chi connectivity index (χ3v) is 5.07. The molecule has 0 spiro atoms. The molecule has 0 heteroatoms. The van der Waals surface area contributed by atoms with E-state index in [1.165, 1.54) is 43.3 Å². The van der Waals surface area contributed by atoms with Gasteiger partial charge in [-0.05, 0) is 54.4 Å². The Labute approximate surface area is 151 Å². The van der Waals surface area contributed by atoms with Crippen LogP contribution in [0.1, 0.15) is 73.1 Å². The highest BCUT2D eigenvalue weighted by Gasteiger charge is 2.27. The Bertz CT molecular complexity index is 510. The summed E-state index contributed by atoms with van der Waals surface area (Å²) >= 11 is 0. The molecule has 0 bridgehead atoms. The summed E-state index contributed by atoms with van der Waals surface area (Å²) in [6.45, 7) is 23.2. The molecule has 0 aliphatic carbocycles. The van der Waals surface area contributed by atoms with Gasteiger partial charge in [-0.1, -0.05) is 96.6 Å². The average molecular weight is 327 g/mol. The lowest BCUT2D eigenvalue weighted by Gasteiger charge is -2.32. The largest absolute Gasteiger partial charge is 0.0988 e. The van der Waals surface area contributed by atoms with Crippen molar-refractivity contribution in [2.24, 2.45) is 5.41 Å². The molecule has 0 amide bonds. The van der Waals surface area contributed by atoms with Crippen molar-refractivity contribution in [2.75, 3.05) is 0 Å². The summed E-state index contributed by atoms with van der Waals surface area (Å²) in [6, 6.07) is 0. The molecule has 0 rings (SSSR count). The monoisotopic (exact) mass is 326 g/mol. The van der Waals surface area contributed by atoms with Crippen molar-refractivity contribution in [1.29, 1.82) is 0 Å². The summed E-state index contributed by atoms with van der Waals surface area (Å²) in [5, 5.41) is 0. The minimum Gasteiger partial charge on any atom is -0.0988 e. The summed E-state index contributed by atoms with van der Waals surface area (Å²) in [5.74, 6) is 0. The summed E-state index contributed by atoms with van der Waals surface area (Å²) in [6.07, 6.45) is 17.7. The van der Waals surface area contributed by atoms with E-state index in [-0.39, 0.29) is 5.41 Å². The van der Waals surface area contributed by atoms with Crippen molar-refractivity contribution >= 4 is 0 Å². The van der Waals surface area contributed by atoms with Gasteiger partial charge in [-0.3, -0.25) is 0 Å². The van der Waals surface area contributed by atoms with E-state index in [1.54, 1.807) is 0 Å². The predicted octanol–water partition coefficient (Wildman–Crippen LogP) is 8.12. The first-order valence-corrected chi connectivity index (χ1v) is 9.41. The minimum absolute atomic E-state index is 0.152.